The lowest BCUT2D eigenvalue weighted by Crippen LogP contribution is -2.48. The zero-order valence-corrected chi connectivity index (χ0v) is 8.89. The van der Waals surface area contributed by atoms with Gasteiger partial charge >= 0.3 is 0 Å². The van der Waals surface area contributed by atoms with Crippen molar-refractivity contribution in [3.05, 3.63) is 39.9 Å². The molecule has 1 N–H and O–H groups in total. The number of nitro benzene ring substituents is 1. The zero-order chi connectivity index (χ0) is 11.4. The van der Waals surface area contributed by atoms with E-state index in [1.54, 1.807) is 12.1 Å². The third-order valence-corrected chi connectivity index (χ3v) is 2.64. The number of benzene rings is 1. The third kappa shape index (κ3) is 2.77. The van der Waals surface area contributed by atoms with Crippen LogP contribution >= 0.6 is 0 Å². The molecule has 1 fully saturated rings. The second kappa shape index (κ2) is 5.05. The Kier molecular flexibility index (Phi) is 3.48. The van der Waals surface area contributed by atoms with E-state index in [4.69, 9.17) is 4.74 Å². The average molecular weight is 222 g/mol. The Bertz CT molecular complexity index is 360. The van der Waals surface area contributed by atoms with Gasteiger partial charge in [0, 0.05) is 25.2 Å². The Hall–Kier alpha value is -1.46. The summed E-state index contributed by atoms with van der Waals surface area (Å²) in [6.45, 7) is 2.53. The smallest absolute Gasteiger partial charge is 0.269 e. The molecule has 1 aliphatic rings. The van der Waals surface area contributed by atoms with Gasteiger partial charge in [-0.3, -0.25) is 10.1 Å². The van der Waals surface area contributed by atoms with Crippen LogP contribution in [0.15, 0.2) is 24.3 Å². The van der Waals surface area contributed by atoms with Gasteiger partial charge in [0.2, 0.25) is 0 Å². The van der Waals surface area contributed by atoms with Gasteiger partial charge in [-0.25, -0.2) is 0 Å². The van der Waals surface area contributed by atoms with Crippen molar-refractivity contribution in [1.82, 2.24) is 5.32 Å². The minimum absolute atomic E-state index is 0.132. The van der Waals surface area contributed by atoms with Gasteiger partial charge in [-0.15, -0.1) is 0 Å². The van der Waals surface area contributed by atoms with E-state index in [0.29, 0.717) is 12.7 Å². The average Bonchev–Trinajstić information content (AvgIpc) is 2.22. The van der Waals surface area contributed by atoms with Gasteiger partial charge in [-0.1, -0.05) is 12.1 Å². The summed E-state index contributed by atoms with van der Waals surface area (Å²) in [5.74, 6) is 0. The number of ether oxygens (including phenoxy) is 1. The van der Waals surface area contributed by atoms with Crippen LogP contribution in [0.2, 0.25) is 0 Å². The first-order valence-corrected chi connectivity index (χ1v) is 5.31. The molecule has 0 atom stereocenters. The molecule has 0 aliphatic carbocycles. The molecule has 1 heterocycles. The molecular formula is C11H14N2O3. The number of nitrogens with one attached hydrogen (secondary N) is 1. The van der Waals surface area contributed by atoms with Gasteiger partial charge in [0.1, 0.15) is 0 Å². The van der Waals surface area contributed by atoms with Crippen LogP contribution in [0.5, 0.6) is 0 Å². The molecule has 0 aromatic heterocycles. The summed E-state index contributed by atoms with van der Waals surface area (Å²) in [5, 5.41) is 13.6. The van der Waals surface area contributed by atoms with Gasteiger partial charge in [-0.2, -0.15) is 0 Å². The highest BCUT2D eigenvalue weighted by Crippen LogP contribution is 2.12. The Morgan fingerprint density at radius 1 is 1.38 bits per heavy atom. The zero-order valence-electron chi connectivity index (χ0n) is 8.89. The molecule has 5 nitrogen and oxygen atoms in total. The highest BCUT2D eigenvalue weighted by molar-refractivity contribution is 5.32. The lowest BCUT2D eigenvalue weighted by Gasteiger charge is -2.27. The second-order valence-corrected chi connectivity index (χ2v) is 3.82. The highest BCUT2D eigenvalue weighted by atomic mass is 16.6. The standard InChI is InChI=1S/C11H14N2O3/c14-13(15)10-3-1-9(2-4-10)5-6-16-11-7-12-8-11/h1-4,11-12H,5-8H2. The minimum atomic E-state index is -0.389. The van der Waals surface area contributed by atoms with Crippen LogP contribution in [0.1, 0.15) is 5.56 Å². The van der Waals surface area contributed by atoms with Crippen LogP contribution in [-0.2, 0) is 11.2 Å². The third-order valence-electron chi connectivity index (χ3n) is 2.64. The van der Waals surface area contributed by atoms with Crippen molar-refractivity contribution >= 4 is 5.69 Å². The van der Waals surface area contributed by atoms with Crippen molar-refractivity contribution in [1.29, 1.82) is 0 Å². The van der Waals surface area contributed by atoms with E-state index < -0.39 is 0 Å². The summed E-state index contributed by atoms with van der Waals surface area (Å²) in [6, 6.07) is 6.61. The first kappa shape index (κ1) is 11.0. The molecule has 5 heteroatoms. The van der Waals surface area contributed by atoms with Crippen LogP contribution in [0.4, 0.5) is 5.69 Å². The fourth-order valence-electron chi connectivity index (χ4n) is 1.51. The van der Waals surface area contributed by atoms with Gasteiger partial charge in [0.25, 0.3) is 5.69 Å². The van der Waals surface area contributed by atoms with Crippen molar-refractivity contribution in [2.24, 2.45) is 0 Å². The highest BCUT2D eigenvalue weighted by Gasteiger charge is 2.16. The summed E-state index contributed by atoms with van der Waals surface area (Å²) in [6.07, 6.45) is 1.15. The summed E-state index contributed by atoms with van der Waals surface area (Å²) in [4.78, 5) is 10.0. The van der Waals surface area contributed by atoms with Gasteiger partial charge in [0.15, 0.2) is 0 Å². The molecule has 1 aromatic carbocycles. The SMILES string of the molecule is O=[N+]([O-])c1ccc(CCOC2CNC2)cc1. The molecule has 1 aromatic rings. The van der Waals surface area contributed by atoms with Gasteiger partial charge < -0.3 is 10.1 Å². The van der Waals surface area contributed by atoms with Crippen molar-refractivity contribution in [3.8, 4) is 0 Å². The number of non-ortho nitro benzene ring substituents is 1. The predicted octanol–water partition coefficient (Wildman–Crippen LogP) is 1.13. The normalized spacial score (nSPS) is 15.8. The van der Waals surface area contributed by atoms with Gasteiger partial charge in [0.05, 0.1) is 17.6 Å². The van der Waals surface area contributed by atoms with E-state index in [0.717, 1.165) is 25.1 Å². The molecule has 0 unspecified atom stereocenters. The van der Waals surface area contributed by atoms with Crippen molar-refractivity contribution in [2.75, 3.05) is 19.7 Å². The number of hydrogen-bond donors (Lipinski definition) is 1. The van der Waals surface area contributed by atoms with Crippen LogP contribution in [0.25, 0.3) is 0 Å². The van der Waals surface area contributed by atoms with Crippen molar-refractivity contribution in [2.45, 2.75) is 12.5 Å². The first-order valence-electron chi connectivity index (χ1n) is 5.31. The molecule has 0 spiro atoms. The first-order chi connectivity index (χ1) is 7.75. The van der Waals surface area contributed by atoms with Crippen LogP contribution < -0.4 is 5.32 Å². The van der Waals surface area contributed by atoms with Crippen LogP contribution in [0.3, 0.4) is 0 Å². The molecule has 86 valence electrons. The number of nitrogens with zero attached hydrogens (tertiary/aromatic N) is 1. The Morgan fingerprint density at radius 3 is 2.56 bits per heavy atom. The summed E-state index contributed by atoms with van der Waals surface area (Å²) < 4.78 is 5.56. The fourth-order valence-corrected chi connectivity index (χ4v) is 1.51. The molecule has 0 saturated carbocycles. The lowest BCUT2D eigenvalue weighted by molar-refractivity contribution is -0.384. The molecule has 16 heavy (non-hydrogen) atoms. The number of nitro groups is 1. The van der Waals surface area contributed by atoms with Crippen molar-refractivity contribution < 1.29 is 9.66 Å². The summed E-state index contributed by atoms with van der Waals surface area (Å²) in [5.41, 5.74) is 1.20. The maximum atomic E-state index is 10.4. The van der Waals surface area contributed by atoms with Crippen molar-refractivity contribution in [3.63, 3.8) is 0 Å². The van der Waals surface area contributed by atoms with E-state index in [2.05, 4.69) is 5.32 Å². The topological polar surface area (TPSA) is 64.4 Å². The largest absolute Gasteiger partial charge is 0.375 e. The Morgan fingerprint density at radius 2 is 2.06 bits per heavy atom. The maximum Gasteiger partial charge on any atom is 0.269 e. The van der Waals surface area contributed by atoms with E-state index in [9.17, 15) is 10.1 Å². The van der Waals surface area contributed by atoms with Crippen LogP contribution in [-0.4, -0.2) is 30.7 Å². The molecule has 1 aliphatic heterocycles. The Labute approximate surface area is 93.6 Å². The molecule has 0 amide bonds. The number of rotatable bonds is 5. The maximum absolute atomic E-state index is 10.4. The summed E-state index contributed by atoms with van der Waals surface area (Å²) >= 11 is 0. The minimum Gasteiger partial charge on any atom is -0.375 e. The molecule has 0 radical (unpaired) electrons. The van der Waals surface area contributed by atoms with E-state index in [1.165, 1.54) is 12.1 Å². The summed E-state index contributed by atoms with van der Waals surface area (Å²) in [7, 11) is 0. The van der Waals surface area contributed by atoms with E-state index >= 15 is 0 Å². The monoisotopic (exact) mass is 222 g/mol. The predicted molar refractivity (Wildman–Crippen MR) is 59.4 cm³/mol. The molecule has 0 bridgehead atoms. The second-order valence-electron chi connectivity index (χ2n) is 3.82. The molecule has 2 rings (SSSR count). The molecular weight excluding hydrogens is 208 g/mol. The quantitative estimate of drug-likeness (QED) is 0.599. The van der Waals surface area contributed by atoms with E-state index in [1.807, 2.05) is 0 Å². The lowest BCUT2D eigenvalue weighted by atomic mass is 10.1. The van der Waals surface area contributed by atoms with Gasteiger partial charge in [-0.05, 0) is 12.0 Å². The fraction of sp³-hybridized carbons (Fsp3) is 0.455. The molecule has 1 saturated heterocycles. The Balaban J connectivity index is 1.78. The van der Waals surface area contributed by atoms with Crippen LogP contribution in [0, 0.1) is 10.1 Å². The number of hydrogen-bond acceptors (Lipinski definition) is 4. The van der Waals surface area contributed by atoms with E-state index in [-0.39, 0.29) is 10.6 Å².